The predicted octanol–water partition coefficient (Wildman–Crippen LogP) is 4.57. The molecule has 1 aliphatic heterocycles. The van der Waals surface area contributed by atoms with E-state index in [-0.39, 0.29) is 23.5 Å². The standard InChI is InChI=1S/C16H12ClF3N2O2S/c17-12-3-1-9(5-11(12)16(18,19)20)7-21-15(25)22-10-2-4-13-14(6-10)24-8-23-13/h1-6H,7-8H2,(H2,21,22,25). The van der Waals surface area contributed by atoms with Crippen LogP contribution in [0.2, 0.25) is 5.02 Å². The van der Waals surface area contributed by atoms with E-state index in [0.29, 0.717) is 22.7 Å². The third kappa shape index (κ3) is 4.26. The van der Waals surface area contributed by atoms with Crippen molar-refractivity contribution in [2.45, 2.75) is 12.7 Å². The SMILES string of the molecule is FC(F)(F)c1cc(CNC(=S)Nc2ccc3c(c2)OCO3)ccc1Cl. The van der Waals surface area contributed by atoms with Crippen molar-refractivity contribution in [3.05, 3.63) is 52.5 Å². The lowest BCUT2D eigenvalue weighted by molar-refractivity contribution is -0.137. The Bertz CT molecular complexity index is 814. The number of hydrogen-bond acceptors (Lipinski definition) is 3. The molecule has 1 heterocycles. The van der Waals surface area contributed by atoms with Gasteiger partial charge in [-0.25, -0.2) is 0 Å². The Morgan fingerprint density at radius 1 is 1.12 bits per heavy atom. The summed E-state index contributed by atoms with van der Waals surface area (Å²) in [5.41, 5.74) is 0.212. The van der Waals surface area contributed by atoms with E-state index in [1.54, 1.807) is 18.2 Å². The highest BCUT2D eigenvalue weighted by Crippen LogP contribution is 2.35. The second-order valence-electron chi connectivity index (χ2n) is 5.19. The quantitative estimate of drug-likeness (QED) is 0.754. The number of halogens is 4. The zero-order valence-electron chi connectivity index (χ0n) is 12.6. The molecule has 0 saturated carbocycles. The minimum Gasteiger partial charge on any atom is -0.454 e. The fourth-order valence-corrected chi connectivity index (χ4v) is 2.65. The molecule has 3 rings (SSSR count). The number of nitrogens with one attached hydrogen (secondary N) is 2. The van der Waals surface area contributed by atoms with Crippen LogP contribution in [0.5, 0.6) is 11.5 Å². The number of benzene rings is 2. The summed E-state index contributed by atoms with van der Waals surface area (Å²) in [5.74, 6) is 1.24. The van der Waals surface area contributed by atoms with Crippen molar-refractivity contribution in [1.82, 2.24) is 5.32 Å². The summed E-state index contributed by atoms with van der Waals surface area (Å²) in [5, 5.41) is 5.72. The Labute approximate surface area is 151 Å². The molecule has 25 heavy (non-hydrogen) atoms. The van der Waals surface area contributed by atoms with Gasteiger partial charge in [-0.15, -0.1) is 0 Å². The van der Waals surface area contributed by atoms with E-state index in [4.69, 9.17) is 33.3 Å². The zero-order chi connectivity index (χ0) is 18.0. The Kier molecular flexibility index (Phi) is 4.91. The minimum atomic E-state index is -4.50. The Hall–Kier alpha value is -2.19. The normalized spacial score (nSPS) is 12.8. The zero-order valence-corrected chi connectivity index (χ0v) is 14.2. The van der Waals surface area contributed by atoms with Crippen LogP contribution in [-0.2, 0) is 12.7 Å². The maximum absolute atomic E-state index is 12.9. The number of alkyl halides is 3. The molecule has 132 valence electrons. The van der Waals surface area contributed by atoms with Crippen molar-refractivity contribution in [3.8, 4) is 11.5 Å². The van der Waals surface area contributed by atoms with Crippen molar-refractivity contribution in [2.24, 2.45) is 0 Å². The molecule has 9 heteroatoms. The largest absolute Gasteiger partial charge is 0.454 e. The number of hydrogen-bond donors (Lipinski definition) is 2. The van der Waals surface area contributed by atoms with Gasteiger partial charge in [-0.3, -0.25) is 0 Å². The molecule has 0 bridgehead atoms. The van der Waals surface area contributed by atoms with Crippen LogP contribution in [0, 0.1) is 0 Å². The van der Waals surface area contributed by atoms with Gasteiger partial charge in [-0.1, -0.05) is 17.7 Å². The van der Waals surface area contributed by atoms with Crippen molar-refractivity contribution >= 4 is 34.6 Å². The molecule has 0 radical (unpaired) electrons. The lowest BCUT2D eigenvalue weighted by atomic mass is 10.1. The fraction of sp³-hybridized carbons (Fsp3) is 0.188. The van der Waals surface area contributed by atoms with Crippen LogP contribution in [0.4, 0.5) is 18.9 Å². The summed E-state index contributed by atoms with van der Waals surface area (Å²) in [6, 6.07) is 8.94. The van der Waals surface area contributed by atoms with E-state index in [1.807, 2.05) is 0 Å². The first kappa shape index (κ1) is 17.6. The van der Waals surface area contributed by atoms with Gasteiger partial charge in [0.2, 0.25) is 6.79 Å². The van der Waals surface area contributed by atoms with Gasteiger partial charge in [0.1, 0.15) is 0 Å². The average Bonchev–Trinajstić information content (AvgIpc) is 3.00. The predicted molar refractivity (Wildman–Crippen MR) is 92.1 cm³/mol. The molecular formula is C16H12ClF3N2O2S. The molecule has 0 aromatic heterocycles. The number of ether oxygens (including phenoxy) is 2. The summed E-state index contributed by atoms with van der Waals surface area (Å²) in [4.78, 5) is 0. The molecule has 1 aliphatic rings. The molecule has 2 N–H and O–H groups in total. The smallest absolute Gasteiger partial charge is 0.417 e. The molecule has 0 amide bonds. The summed E-state index contributed by atoms with van der Waals surface area (Å²) >= 11 is 10.7. The van der Waals surface area contributed by atoms with Crippen LogP contribution in [0.15, 0.2) is 36.4 Å². The molecular weight excluding hydrogens is 377 g/mol. The molecule has 2 aromatic rings. The third-order valence-electron chi connectivity index (χ3n) is 3.42. The number of fused-ring (bicyclic) bond motifs is 1. The maximum atomic E-state index is 12.9. The van der Waals surface area contributed by atoms with Crippen molar-refractivity contribution in [3.63, 3.8) is 0 Å². The van der Waals surface area contributed by atoms with Crippen LogP contribution in [0.1, 0.15) is 11.1 Å². The first-order valence-corrected chi connectivity index (χ1v) is 7.92. The van der Waals surface area contributed by atoms with Crippen molar-refractivity contribution in [2.75, 3.05) is 12.1 Å². The first-order chi connectivity index (χ1) is 11.8. The minimum absolute atomic E-state index is 0.122. The number of thiocarbonyl (C=S) groups is 1. The van der Waals surface area contributed by atoms with Gasteiger partial charge in [-0.2, -0.15) is 13.2 Å². The second-order valence-corrected chi connectivity index (χ2v) is 6.00. The molecule has 0 atom stereocenters. The summed E-state index contributed by atoms with van der Waals surface area (Å²) in [7, 11) is 0. The Morgan fingerprint density at radius 3 is 2.64 bits per heavy atom. The van der Waals surface area contributed by atoms with E-state index in [2.05, 4.69) is 10.6 Å². The summed E-state index contributed by atoms with van der Waals surface area (Å²) in [6.45, 7) is 0.288. The van der Waals surface area contributed by atoms with Crippen molar-refractivity contribution in [1.29, 1.82) is 0 Å². The number of anilines is 1. The van der Waals surface area contributed by atoms with Crippen molar-refractivity contribution < 1.29 is 22.6 Å². The van der Waals surface area contributed by atoms with Gasteiger partial charge in [0.15, 0.2) is 16.6 Å². The first-order valence-electron chi connectivity index (χ1n) is 7.13. The van der Waals surface area contributed by atoms with E-state index in [9.17, 15) is 13.2 Å². The Morgan fingerprint density at radius 2 is 1.88 bits per heavy atom. The van der Waals surface area contributed by atoms with Gasteiger partial charge < -0.3 is 20.1 Å². The van der Waals surface area contributed by atoms with E-state index >= 15 is 0 Å². The van der Waals surface area contributed by atoms with Gasteiger partial charge in [0.05, 0.1) is 10.6 Å². The van der Waals surface area contributed by atoms with Gasteiger partial charge in [-0.05, 0) is 42.0 Å². The van der Waals surface area contributed by atoms with E-state index in [1.165, 1.54) is 12.1 Å². The fourth-order valence-electron chi connectivity index (χ4n) is 2.23. The van der Waals surface area contributed by atoms with Crippen LogP contribution in [0.3, 0.4) is 0 Å². The molecule has 0 unspecified atom stereocenters. The molecule has 0 saturated heterocycles. The molecule has 0 aliphatic carbocycles. The topological polar surface area (TPSA) is 42.5 Å². The van der Waals surface area contributed by atoms with E-state index < -0.39 is 11.7 Å². The highest BCUT2D eigenvalue weighted by molar-refractivity contribution is 7.80. The molecule has 0 spiro atoms. The van der Waals surface area contributed by atoms with E-state index in [0.717, 1.165) is 6.07 Å². The van der Waals surface area contributed by atoms with Gasteiger partial charge in [0.25, 0.3) is 0 Å². The van der Waals surface area contributed by atoms with Crippen LogP contribution < -0.4 is 20.1 Å². The van der Waals surface area contributed by atoms with Gasteiger partial charge in [0, 0.05) is 18.3 Å². The lowest BCUT2D eigenvalue weighted by Crippen LogP contribution is -2.28. The third-order valence-corrected chi connectivity index (χ3v) is 4.00. The summed E-state index contributed by atoms with van der Waals surface area (Å²) in [6.07, 6.45) is -4.50. The molecule has 0 fully saturated rings. The molecule has 2 aromatic carbocycles. The maximum Gasteiger partial charge on any atom is 0.417 e. The van der Waals surface area contributed by atoms with Crippen LogP contribution >= 0.6 is 23.8 Å². The van der Waals surface area contributed by atoms with Gasteiger partial charge >= 0.3 is 6.18 Å². The number of rotatable bonds is 3. The average molecular weight is 389 g/mol. The highest BCUT2D eigenvalue weighted by Gasteiger charge is 2.33. The Balaban J connectivity index is 1.61. The van der Waals surface area contributed by atoms with Crippen LogP contribution in [0.25, 0.3) is 0 Å². The monoisotopic (exact) mass is 388 g/mol. The molecule has 4 nitrogen and oxygen atoms in total. The lowest BCUT2D eigenvalue weighted by Gasteiger charge is -2.13. The summed E-state index contributed by atoms with van der Waals surface area (Å²) < 4.78 is 49.0. The highest BCUT2D eigenvalue weighted by atomic mass is 35.5. The van der Waals surface area contributed by atoms with Crippen LogP contribution in [-0.4, -0.2) is 11.9 Å². The second kappa shape index (κ2) is 6.97.